The summed E-state index contributed by atoms with van der Waals surface area (Å²) < 4.78 is 13.7. The summed E-state index contributed by atoms with van der Waals surface area (Å²) in [5.41, 5.74) is 4.40. The highest BCUT2D eigenvalue weighted by molar-refractivity contribution is 7.99. The minimum atomic E-state index is -0.798. The number of aryl methyl sites for hydroxylation is 1. The molecular weight excluding hydrogens is 475 g/mol. The maximum absolute atomic E-state index is 13.7. The minimum absolute atomic E-state index is 0.260. The molecule has 2 aromatic heterocycles. The number of H-pyrrole nitrogens is 1. The fraction of sp³-hybridized carbons (Fsp3) is 0.0357. The molecule has 0 saturated heterocycles. The van der Waals surface area contributed by atoms with E-state index >= 15 is 0 Å². The zero-order valence-electron chi connectivity index (χ0n) is 19.2. The third-order valence-electron chi connectivity index (χ3n) is 5.48. The highest BCUT2D eigenvalue weighted by Crippen LogP contribution is 2.33. The van der Waals surface area contributed by atoms with E-state index in [1.54, 1.807) is 18.3 Å². The fourth-order valence-corrected chi connectivity index (χ4v) is 4.66. The minimum Gasteiger partial charge on any atom is -0.505 e. The number of amides is 1. The van der Waals surface area contributed by atoms with Gasteiger partial charge < -0.3 is 10.4 Å². The van der Waals surface area contributed by atoms with E-state index in [0.717, 1.165) is 43.7 Å². The third-order valence-corrected chi connectivity index (χ3v) is 6.54. The second-order valence-corrected chi connectivity index (χ2v) is 9.24. The quantitative estimate of drug-likeness (QED) is 0.228. The Balaban J connectivity index is 1.36. The number of phenolic OH excluding ortho intramolecular Hbond substituents is 1. The first-order valence-corrected chi connectivity index (χ1v) is 11.9. The van der Waals surface area contributed by atoms with Crippen LogP contribution in [0.25, 0.3) is 23.1 Å². The van der Waals surface area contributed by atoms with Gasteiger partial charge in [0.15, 0.2) is 11.6 Å². The van der Waals surface area contributed by atoms with E-state index in [1.165, 1.54) is 23.9 Å². The average molecular weight is 497 g/mol. The van der Waals surface area contributed by atoms with Gasteiger partial charge in [-0.2, -0.15) is 5.10 Å². The number of aromatic nitrogens is 3. The SMILES string of the molecule is Cc1ccnc(/C=C/c2n[nH]c3cc(Sc4ccccc4C(=O)Nc4ccc(O)c(F)c4)ccc23)c1. The monoisotopic (exact) mass is 496 g/mol. The lowest BCUT2D eigenvalue weighted by atomic mass is 10.2. The van der Waals surface area contributed by atoms with Crippen molar-refractivity contribution in [1.82, 2.24) is 15.2 Å². The number of benzene rings is 3. The number of halogens is 1. The molecule has 0 unspecified atom stereocenters. The van der Waals surface area contributed by atoms with E-state index in [4.69, 9.17) is 0 Å². The van der Waals surface area contributed by atoms with Crippen molar-refractivity contribution in [2.24, 2.45) is 0 Å². The zero-order chi connectivity index (χ0) is 25.1. The Hall–Kier alpha value is -4.43. The lowest BCUT2D eigenvalue weighted by molar-refractivity contribution is 0.102. The smallest absolute Gasteiger partial charge is 0.256 e. The fourth-order valence-electron chi connectivity index (χ4n) is 3.68. The van der Waals surface area contributed by atoms with E-state index in [0.29, 0.717) is 5.56 Å². The first-order chi connectivity index (χ1) is 17.5. The first kappa shape index (κ1) is 23.3. The highest BCUT2D eigenvalue weighted by atomic mass is 32.2. The molecule has 0 fully saturated rings. The Bertz CT molecular complexity index is 1610. The van der Waals surface area contributed by atoms with Crippen LogP contribution >= 0.6 is 11.8 Å². The van der Waals surface area contributed by atoms with E-state index < -0.39 is 11.6 Å². The summed E-state index contributed by atoms with van der Waals surface area (Å²) >= 11 is 1.44. The van der Waals surface area contributed by atoms with Crippen molar-refractivity contribution in [3.05, 3.63) is 107 Å². The number of rotatable bonds is 6. The predicted molar refractivity (Wildman–Crippen MR) is 141 cm³/mol. The first-order valence-electron chi connectivity index (χ1n) is 11.1. The zero-order valence-corrected chi connectivity index (χ0v) is 20.0. The van der Waals surface area contributed by atoms with E-state index in [1.807, 2.05) is 61.5 Å². The van der Waals surface area contributed by atoms with Gasteiger partial charge in [0.05, 0.1) is 22.5 Å². The summed E-state index contributed by atoms with van der Waals surface area (Å²) in [4.78, 5) is 18.9. The van der Waals surface area contributed by atoms with Crippen LogP contribution in [0.15, 0.2) is 88.8 Å². The number of carbonyl (C=O) groups is 1. The number of anilines is 1. The molecule has 178 valence electrons. The van der Waals surface area contributed by atoms with Crippen LogP contribution in [0.4, 0.5) is 10.1 Å². The molecule has 6 nitrogen and oxygen atoms in total. The number of phenols is 1. The average Bonchev–Trinajstić information content (AvgIpc) is 3.27. The van der Waals surface area contributed by atoms with Gasteiger partial charge in [-0.1, -0.05) is 23.9 Å². The molecule has 0 aliphatic heterocycles. The molecule has 0 atom stereocenters. The van der Waals surface area contributed by atoms with Crippen molar-refractivity contribution in [2.45, 2.75) is 16.7 Å². The van der Waals surface area contributed by atoms with E-state index in [-0.39, 0.29) is 11.6 Å². The molecule has 36 heavy (non-hydrogen) atoms. The molecule has 5 aromatic rings. The number of carbonyl (C=O) groups excluding carboxylic acids is 1. The predicted octanol–water partition coefficient (Wildman–Crippen LogP) is 6.68. The van der Waals surface area contributed by atoms with Crippen molar-refractivity contribution in [1.29, 1.82) is 0 Å². The van der Waals surface area contributed by atoms with E-state index in [2.05, 4.69) is 20.5 Å². The van der Waals surface area contributed by atoms with Gasteiger partial charge in [0.1, 0.15) is 0 Å². The molecule has 0 saturated carbocycles. The molecular formula is C28H21FN4O2S. The Morgan fingerprint density at radius 3 is 2.75 bits per heavy atom. The molecule has 1 amide bonds. The number of nitrogens with one attached hydrogen (secondary N) is 2. The van der Waals surface area contributed by atoms with Gasteiger partial charge in [-0.3, -0.25) is 14.9 Å². The van der Waals surface area contributed by atoms with Gasteiger partial charge in [-0.25, -0.2) is 4.39 Å². The number of pyridine rings is 1. The molecule has 8 heteroatoms. The van der Waals surface area contributed by atoms with Gasteiger partial charge in [0.2, 0.25) is 0 Å². The second-order valence-electron chi connectivity index (χ2n) is 8.13. The van der Waals surface area contributed by atoms with Gasteiger partial charge in [-0.05, 0) is 79.2 Å². The highest BCUT2D eigenvalue weighted by Gasteiger charge is 2.14. The molecule has 0 radical (unpaired) electrons. The van der Waals surface area contributed by atoms with Gasteiger partial charge in [0.25, 0.3) is 5.91 Å². The summed E-state index contributed by atoms with van der Waals surface area (Å²) in [6, 6.07) is 20.8. The van der Waals surface area contributed by atoms with E-state index in [9.17, 15) is 14.3 Å². The third kappa shape index (κ3) is 5.13. The number of aromatic amines is 1. The van der Waals surface area contributed by atoms with Crippen LogP contribution in [0.5, 0.6) is 5.75 Å². The number of nitrogens with zero attached hydrogens (tertiary/aromatic N) is 2. The van der Waals surface area contributed by atoms with Crippen LogP contribution in [0, 0.1) is 12.7 Å². The van der Waals surface area contributed by atoms with Crippen LogP contribution in [0.3, 0.4) is 0 Å². The molecule has 2 heterocycles. The Kier molecular flexibility index (Phi) is 6.51. The Morgan fingerprint density at radius 2 is 1.92 bits per heavy atom. The summed E-state index contributed by atoms with van der Waals surface area (Å²) in [5, 5.41) is 20.5. The molecule has 5 rings (SSSR count). The molecule has 3 aromatic carbocycles. The van der Waals surface area contributed by atoms with Crippen molar-refractivity contribution >= 4 is 46.4 Å². The van der Waals surface area contributed by atoms with Crippen LogP contribution in [-0.2, 0) is 0 Å². The second kappa shape index (κ2) is 10.1. The lowest BCUT2D eigenvalue weighted by Crippen LogP contribution is -2.13. The standard InChI is InChI=1S/C28H21FN4O2S/c1-17-12-13-30-18(14-17)6-10-24-21-9-8-20(16-25(21)33-32-24)36-27-5-3-2-4-22(27)28(35)31-19-7-11-26(34)23(29)15-19/h2-16,34H,1H3,(H,31,35)(H,32,33)/b10-6+. The molecule has 0 spiro atoms. The molecule has 3 N–H and O–H groups in total. The van der Waals surface area contributed by atoms with Crippen molar-refractivity contribution in [3.63, 3.8) is 0 Å². The van der Waals surface area contributed by atoms with Crippen LogP contribution in [-0.4, -0.2) is 26.2 Å². The Morgan fingerprint density at radius 1 is 1.06 bits per heavy atom. The number of aromatic hydroxyl groups is 1. The van der Waals surface area contributed by atoms with Crippen molar-refractivity contribution in [2.75, 3.05) is 5.32 Å². The van der Waals surface area contributed by atoms with Gasteiger partial charge >= 0.3 is 0 Å². The van der Waals surface area contributed by atoms with Crippen LogP contribution in [0.1, 0.15) is 27.3 Å². The number of hydrogen-bond acceptors (Lipinski definition) is 5. The number of fused-ring (bicyclic) bond motifs is 1. The Labute approximate surface area is 210 Å². The topological polar surface area (TPSA) is 90.9 Å². The van der Waals surface area contributed by atoms with Gasteiger partial charge in [-0.15, -0.1) is 0 Å². The molecule has 0 bridgehead atoms. The maximum atomic E-state index is 13.7. The van der Waals surface area contributed by atoms with Crippen LogP contribution < -0.4 is 5.32 Å². The number of hydrogen-bond donors (Lipinski definition) is 3. The summed E-state index contributed by atoms with van der Waals surface area (Å²) in [6.07, 6.45) is 5.64. The van der Waals surface area contributed by atoms with Crippen molar-refractivity contribution < 1.29 is 14.3 Å². The molecule has 0 aliphatic rings. The summed E-state index contributed by atoms with van der Waals surface area (Å²) in [6.45, 7) is 2.02. The van der Waals surface area contributed by atoms with Gasteiger partial charge in [0, 0.05) is 33.1 Å². The summed E-state index contributed by atoms with van der Waals surface area (Å²) in [7, 11) is 0. The normalized spacial score (nSPS) is 11.3. The molecule has 0 aliphatic carbocycles. The summed E-state index contributed by atoms with van der Waals surface area (Å²) in [5.74, 6) is -1.64. The lowest BCUT2D eigenvalue weighted by Gasteiger charge is -2.10. The largest absolute Gasteiger partial charge is 0.505 e. The maximum Gasteiger partial charge on any atom is 0.256 e. The van der Waals surface area contributed by atoms with Crippen molar-refractivity contribution in [3.8, 4) is 5.75 Å². The van der Waals surface area contributed by atoms with Crippen LogP contribution in [0.2, 0.25) is 0 Å².